The van der Waals surface area contributed by atoms with Crippen LogP contribution in [0.3, 0.4) is 0 Å². The van der Waals surface area contributed by atoms with Crippen LogP contribution in [0.5, 0.6) is 0 Å². The lowest BCUT2D eigenvalue weighted by atomic mass is 10.1. The highest BCUT2D eigenvalue weighted by Gasteiger charge is 2.20. The lowest BCUT2D eigenvalue weighted by Crippen LogP contribution is -2.48. The van der Waals surface area contributed by atoms with Gasteiger partial charge < -0.3 is 4.90 Å². The smallest absolute Gasteiger partial charge is 0.179 e. The van der Waals surface area contributed by atoms with E-state index in [1.807, 2.05) is 42.5 Å². The van der Waals surface area contributed by atoms with Gasteiger partial charge in [-0.25, -0.2) is 4.99 Å². The molecule has 1 aliphatic heterocycles. The van der Waals surface area contributed by atoms with Crippen molar-refractivity contribution in [3.8, 4) is 0 Å². The second kappa shape index (κ2) is 10.3. The average molecular weight is 435 g/mol. The van der Waals surface area contributed by atoms with Crippen LogP contribution < -0.4 is 5.14 Å². The van der Waals surface area contributed by atoms with Crippen molar-refractivity contribution in [3.05, 3.63) is 76.3 Å². The summed E-state index contributed by atoms with van der Waals surface area (Å²) in [5, 5.41) is 8.23. The molecule has 0 spiro atoms. The summed E-state index contributed by atoms with van der Waals surface area (Å²) in [6.07, 6.45) is 0.958. The molecule has 1 aliphatic rings. The van der Waals surface area contributed by atoms with E-state index in [2.05, 4.69) is 27.4 Å². The number of rotatable bonds is 5. The van der Waals surface area contributed by atoms with Gasteiger partial charge in [-0.3, -0.25) is 10.0 Å². The van der Waals surface area contributed by atoms with Crippen LogP contribution in [0.4, 0.5) is 0 Å². The van der Waals surface area contributed by atoms with Crippen LogP contribution in [0, 0.1) is 0 Å². The van der Waals surface area contributed by atoms with Gasteiger partial charge in [0.1, 0.15) is 0 Å². The fourth-order valence-electron chi connectivity index (χ4n) is 3.14. The Balaban J connectivity index is 1.54. The standard InChI is InChI=1S/C21H24Cl2N4S/c1-16(17-6-8-19(22)9-7-17)25-21(28-24)27-14-12-26(13-15-27)11-10-18-4-2-3-5-20(18)23/h2-9H,1,10-15,24H2. The molecular formula is C21H24Cl2N4S. The quantitative estimate of drug-likeness (QED) is 0.417. The summed E-state index contributed by atoms with van der Waals surface area (Å²) < 4.78 is 0. The van der Waals surface area contributed by atoms with Crippen LogP contribution in [-0.2, 0) is 6.42 Å². The third kappa shape index (κ3) is 5.75. The molecule has 2 N–H and O–H groups in total. The SMILES string of the molecule is C=C(N=C(SN)N1CCN(CCc2ccccc2Cl)CC1)c1ccc(Cl)cc1. The Kier molecular flexibility index (Phi) is 7.82. The molecule has 1 heterocycles. The first-order valence-electron chi connectivity index (χ1n) is 9.18. The van der Waals surface area contributed by atoms with Gasteiger partial charge in [-0.15, -0.1) is 0 Å². The van der Waals surface area contributed by atoms with Gasteiger partial charge in [-0.2, -0.15) is 0 Å². The highest BCUT2D eigenvalue weighted by molar-refractivity contribution is 8.11. The van der Waals surface area contributed by atoms with E-state index in [0.717, 1.165) is 54.9 Å². The molecule has 0 aliphatic carbocycles. The lowest BCUT2D eigenvalue weighted by Gasteiger charge is -2.35. The number of nitrogens with two attached hydrogens (primary N) is 1. The molecule has 2 aromatic rings. The molecule has 0 atom stereocenters. The number of aliphatic imine (C=N–C) groups is 1. The van der Waals surface area contributed by atoms with Gasteiger partial charge in [-0.05, 0) is 47.7 Å². The van der Waals surface area contributed by atoms with E-state index in [1.165, 1.54) is 17.5 Å². The molecule has 0 saturated carbocycles. The van der Waals surface area contributed by atoms with Crippen LogP contribution >= 0.6 is 35.1 Å². The van der Waals surface area contributed by atoms with Crippen LogP contribution in [0.15, 0.2) is 60.1 Å². The van der Waals surface area contributed by atoms with Gasteiger partial charge >= 0.3 is 0 Å². The van der Waals surface area contributed by atoms with Crippen molar-refractivity contribution < 1.29 is 0 Å². The largest absolute Gasteiger partial charge is 0.348 e. The molecule has 4 nitrogen and oxygen atoms in total. The van der Waals surface area contributed by atoms with Crippen LogP contribution in [0.25, 0.3) is 5.70 Å². The molecule has 0 aromatic heterocycles. The number of piperazine rings is 1. The highest BCUT2D eigenvalue weighted by atomic mass is 35.5. The predicted molar refractivity (Wildman–Crippen MR) is 123 cm³/mol. The summed E-state index contributed by atoms with van der Waals surface area (Å²) >= 11 is 13.4. The zero-order valence-electron chi connectivity index (χ0n) is 15.7. The van der Waals surface area contributed by atoms with Crippen molar-refractivity contribution in [3.63, 3.8) is 0 Å². The zero-order chi connectivity index (χ0) is 19.9. The molecule has 2 aromatic carbocycles. The zero-order valence-corrected chi connectivity index (χ0v) is 18.0. The van der Waals surface area contributed by atoms with Gasteiger partial charge in [-0.1, -0.05) is 60.1 Å². The minimum Gasteiger partial charge on any atom is -0.348 e. The van der Waals surface area contributed by atoms with Crippen molar-refractivity contribution in [2.75, 3.05) is 32.7 Å². The Bertz CT molecular complexity index is 831. The first kappa shape index (κ1) is 21.2. The van der Waals surface area contributed by atoms with Crippen molar-refractivity contribution in [2.45, 2.75) is 6.42 Å². The minimum atomic E-state index is 0.686. The van der Waals surface area contributed by atoms with Gasteiger partial charge in [0.15, 0.2) is 5.17 Å². The van der Waals surface area contributed by atoms with E-state index in [9.17, 15) is 0 Å². The monoisotopic (exact) mass is 434 g/mol. The average Bonchev–Trinajstić information content (AvgIpc) is 2.72. The summed E-state index contributed by atoms with van der Waals surface area (Å²) in [6.45, 7) is 8.79. The lowest BCUT2D eigenvalue weighted by molar-refractivity contribution is 0.186. The third-order valence-corrected chi connectivity index (χ3v) is 5.99. The van der Waals surface area contributed by atoms with Crippen LogP contribution in [-0.4, -0.2) is 47.7 Å². The molecule has 3 rings (SSSR count). The molecular weight excluding hydrogens is 411 g/mol. The van der Waals surface area contributed by atoms with E-state index < -0.39 is 0 Å². The Hall–Kier alpha value is -1.50. The molecule has 148 valence electrons. The Morgan fingerprint density at radius 3 is 2.36 bits per heavy atom. The fourth-order valence-corrected chi connectivity index (χ4v) is 3.99. The molecule has 0 radical (unpaired) electrons. The predicted octanol–water partition coefficient (Wildman–Crippen LogP) is 4.79. The maximum Gasteiger partial charge on any atom is 0.179 e. The second-order valence-corrected chi connectivity index (χ2v) is 8.08. The first-order chi connectivity index (χ1) is 13.6. The Labute approximate surface area is 181 Å². The van der Waals surface area contributed by atoms with Gasteiger partial charge in [0, 0.05) is 42.8 Å². The maximum absolute atomic E-state index is 6.26. The summed E-state index contributed by atoms with van der Waals surface area (Å²) in [6, 6.07) is 15.6. The number of hydrogen-bond donors (Lipinski definition) is 1. The molecule has 7 heteroatoms. The van der Waals surface area contributed by atoms with Crippen molar-refractivity contribution >= 4 is 46.0 Å². The van der Waals surface area contributed by atoms with E-state index >= 15 is 0 Å². The maximum atomic E-state index is 6.26. The normalized spacial score (nSPS) is 15.7. The van der Waals surface area contributed by atoms with E-state index in [4.69, 9.17) is 28.3 Å². The molecule has 28 heavy (non-hydrogen) atoms. The third-order valence-electron chi connectivity index (χ3n) is 4.81. The summed E-state index contributed by atoms with van der Waals surface area (Å²) in [7, 11) is 0. The minimum absolute atomic E-state index is 0.686. The van der Waals surface area contributed by atoms with E-state index in [-0.39, 0.29) is 0 Å². The molecule has 0 bridgehead atoms. The van der Waals surface area contributed by atoms with E-state index in [1.54, 1.807) is 0 Å². The number of halogens is 2. The first-order valence-corrected chi connectivity index (χ1v) is 10.8. The highest BCUT2D eigenvalue weighted by Crippen LogP contribution is 2.20. The summed E-state index contributed by atoms with van der Waals surface area (Å²) in [5.74, 6) is 0. The van der Waals surface area contributed by atoms with Crippen LogP contribution in [0.2, 0.25) is 10.0 Å². The van der Waals surface area contributed by atoms with Crippen LogP contribution in [0.1, 0.15) is 11.1 Å². The number of amidine groups is 1. The second-order valence-electron chi connectivity index (χ2n) is 6.64. The van der Waals surface area contributed by atoms with Gasteiger partial charge in [0.05, 0.1) is 5.70 Å². The van der Waals surface area contributed by atoms with Gasteiger partial charge in [0.2, 0.25) is 0 Å². The number of hydrogen-bond acceptors (Lipinski definition) is 4. The van der Waals surface area contributed by atoms with Gasteiger partial charge in [0.25, 0.3) is 0 Å². The molecule has 1 saturated heterocycles. The molecule has 0 amide bonds. The van der Waals surface area contributed by atoms with Crippen molar-refractivity contribution in [1.29, 1.82) is 0 Å². The summed E-state index contributed by atoms with van der Waals surface area (Å²) in [5.41, 5.74) is 2.82. The Morgan fingerprint density at radius 1 is 1.04 bits per heavy atom. The number of nitrogens with zero attached hydrogens (tertiary/aromatic N) is 3. The Morgan fingerprint density at radius 2 is 1.71 bits per heavy atom. The molecule has 1 fully saturated rings. The summed E-state index contributed by atoms with van der Waals surface area (Å²) in [4.78, 5) is 9.33. The van der Waals surface area contributed by atoms with Crippen molar-refractivity contribution in [2.24, 2.45) is 10.1 Å². The van der Waals surface area contributed by atoms with Crippen molar-refractivity contribution in [1.82, 2.24) is 9.80 Å². The number of benzene rings is 2. The van der Waals surface area contributed by atoms with E-state index in [0.29, 0.717) is 10.7 Å². The molecule has 0 unspecified atom stereocenters. The fraction of sp³-hybridized carbons (Fsp3) is 0.286. The topological polar surface area (TPSA) is 44.9 Å².